The Morgan fingerprint density at radius 3 is 2.59 bits per heavy atom. The topological polar surface area (TPSA) is 68.0 Å². The number of thiophene rings is 1. The number of oxazole rings is 1. The van der Waals surface area contributed by atoms with Gasteiger partial charge in [-0.25, -0.2) is 4.98 Å². The van der Waals surface area contributed by atoms with Gasteiger partial charge in [0.1, 0.15) is 6.26 Å². The van der Waals surface area contributed by atoms with E-state index in [9.17, 15) is 4.79 Å². The average Bonchev–Trinajstić information content (AvgIpc) is 3.32. The molecule has 5 nitrogen and oxygen atoms in total. The Kier molecular flexibility index (Phi) is 4.56. The number of aromatic nitrogens is 2. The van der Waals surface area contributed by atoms with Crippen LogP contribution in [0.4, 0.5) is 5.69 Å². The summed E-state index contributed by atoms with van der Waals surface area (Å²) in [5.74, 6) is 0.493. The minimum Gasteiger partial charge on any atom is -0.444 e. The number of anilines is 1. The van der Waals surface area contributed by atoms with Crippen LogP contribution in [0, 0.1) is 13.8 Å². The molecule has 3 heterocycles. The van der Waals surface area contributed by atoms with Crippen LogP contribution in [0.25, 0.3) is 21.2 Å². The van der Waals surface area contributed by atoms with Crippen LogP contribution in [0.3, 0.4) is 0 Å². The molecule has 0 aliphatic rings. The fourth-order valence-corrected chi connectivity index (χ4v) is 3.97. The van der Waals surface area contributed by atoms with Gasteiger partial charge in [0.2, 0.25) is 5.89 Å². The number of nitrogens with one attached hydrogen (secondary N) is 1. The van der Waals surface area contributed by atoms with Gasteiger partial charge in [-0.05, 0) is 54.8 Å². The zero-order valence-corrected chi connectivity index (χ0v) is 15.7. The second-order valence-corrected chi connectivity index (χ2v) is 7.23. The maximum atomic E-state index is 12.4. The van der Waals surface area contributed by atoms with Gasteiger partial charge in [0.15, 0.2) is 0 Å². The molecule has 3 aromatic heterocycles. The summed E-state index contributed by atoms with van der Waals surface area (Å²) in [6.07, 6.45) is 6.52. The lowest BCUT2D eigenvalue weighted by Gasteiger charge is -2.08. The molecule has 0 saturated heterocycles. The highest BCUT2D eigenvalue weighted by Gasteiger charge is 2.13. The number of aryl methyl sites for hydroxylation is 2. The molecule has 0 aliphatic heterocycles. The maximum Gasteiger partial charge on any atom is 0.256 e. The van der Waals surface area contributed by atoms with Crippen molar-refractivity contribution in [3.63, 3.8) is 0 Å². The summed E-state index contributed by atoms with van der Waals surface area (Å²) in [6.45, 7) is 3.94. The molecule has 0 unspecified atom stereocenters. The predicted molar refractivity (Wildman–Crippen MR) is 107 cm³/mol. The lowest BCUT2D eigenvalue weighted by Crippen LogP contribution is -2.13. The number of carbonyl (C=O) groups is 1. The fourth-order valence-electron chi connectivity index (χ4n) is 2.85. The molecule has 4 rings (SSSR count). The highest BCUT2D eigenvalue weighted by Crippen LogP contribution is 2.37. The maximum absolute atomic E-state index is 12.4. The SMILES string of the molecule is Cc1cnccc1C(=O)Nc1ccc(-c2sc(-c3ncco3)cc2C)cc1. The number of nitrogens with zero attached hydrogens (tertiary/aromatic N) is 2. The Hall–Kier alpha value is -3.25. The second-order valence-electron chi connectivity index (χ2n) is 6.18. The third kappa shape index (κ3) is 3.52. The molecule has 0 atom stereocenters. The van der Waals surface area contributed by atoms with Crippen LogP contribution in [-0.2, 0) is 0 Å². The average molecular weight is 375 g/mol. The van der Waals surface area contributed by atoms with Gasteiger partial charge in [0.05, 0.1) is 11.1 Å². The number of carbonyl (C=O) groups excluding carboxylic acids is 1. The van der Waals surface area contributed by atoms with E-state index in [0.29, 0.717) is 11.5 Å². The number of rotatable bonds is 4. The lowest BCUT2D eigenvalue weighted by molar-refractivity contribution is 0.102. The van der Waals surface area contributed by atoms with Crippen molar-refractivity contribution < 1.29 is 9.21 Å². The highest BCUT2D eigenvalue weighted by molar-refractivity contribution is 7.19. The highest BCUT2D eigenvalue weighted by atomic mass is 32.1. The van der Waals surface area contributed by atoms with E-state index in [1.54, 1.807) is 42.3 Å². The van der Waals surface area contributed by atoms with E-state index >= 15 is 0 Å². The summed E-state index contributed by atoms with van der Waals surface area (Å²) in [7, 11) is 0. The first kappa shape index (κ1) is 17.2. The van der Waals surface area contributed by atoms with Crippen LogP contribution < -0.4 is 5.32 Å². The summed E-state index contributed by atoms with van der Waals surface area (Å²) in [4.78, 5) is 22.8. The Balaban J connectivity index is 1.55. The van der Waals surface area contributed by atoms with Gasteiger partial charge >= 0.3 is 0 Å². The quantitative estimate of drug-likeness (QED) is 0.523. The van der Waals surface area contributed by atoms with Crippen molar-refractivity contribution in [3.8, 4) is 21.2 Å². The minimum atomic E-state index is -0.138. The van der Waals surface area contributed by atoms with Crippen molar-refractivity contribution >= 4 is 22.9 Å². The molecule has 0 saturated carbocycles. The summed E-state index contributed by atoms with van der Waals surface area (Å²) in [5.41, 5.74) is 4.48. The van der Waals surface area contributed by atoms with Gasteiger partial charge in [0, 0.05) is 28.5 Å². The molecule has 0 fully saturated rings. The first-order valence-electron chi connectivity index (χ1n) is 8.44. The standard InChI is InChI=1S/C21H17N3O2S/c1-13-11-18(21-23-9-10-26-21)27-19(13)15-3-5-16(6-4-15)24-20(25)17-7-8-22-12-14(17)2/h3-12H,1-2H3,(H,24,25). The summed E-state index contributed by atoms with van der Waals surface area (Å²) in [6, 6.07) is 11.6. The van der Waals surface area contributed by atoms with Crippen LogP contribution in [0.15, 0.2) is 65.7 Å². The number of hydrogen-bond donors (Lipinski definition) is 1. The number of pyridine rings is 1. The van der Waals surface area contributed by atoms with Gasteiger partial charge in [-0.3, -0.25) is 9.78 Å². The van der Waals surface area contributed by atoms with Crippen LogP contribution in [0.1, 0.15) is 21.5 Å². The van der Waals surface area contributed by atoms with Crippen molar-refractivity contribution in [2.45, 2.75) is 13.8 Å². The zero-order valence-electron chi connectivity index (χ0n) is 14.9. The van der Waals surface area contributed by atoms with E-state index in [1.807, 2.05) is 31.2 Å². The van der Waals surface area contributed by atoms with Gasteiger partial charge in [-0.15, -0.1) is 11.3 Å². The number of hydrogen-bond acceptors (Lipinski definition) is 5. The second kappa shape index (κ2) is 7.17. The van der Waals surface area contributed by atoms with Crippen molar-refractivity contribution in [2.24, 2.45) is 0 Å². The van der Waals surface area contributed by atoms with Crippen molar-refractivity contribution in [1.29, 1.82) is 0 Å². The molecule has 0 radical (unpaired) electrons. The van der Waals surface area contributed by atoms with E-state index in [2.05, 4.69) is 28.3 Å². The van der Waals surface area contributed by atoms with Crippen molar-refractivity contribution in [2.75, 3.05) is 5.32 Å². The largest absolute Gasteiger partial charge is 0.444 e. The first-order valence-corrected chi connectivity index (χ1v) is 9.26. The third-order valence-electron chi connectivity index (χ3n) is 4.23. The molecule has 0 spiro atoms. The zero-order chi connectivity index (χ0) is 18.8. The van der Waals surface area contributed by atoms with E-state index in [1.165, 1.54) is 0 Å². The molecule has 0 aliphatic carbocycles. The summed E-state index contributed by atoms with van der Waals surface area (Å²) in [5, 5.41) is 2.93. The molecule has 1 N–H and O–H groups in total. The molecule has 4 aromatic rings. The van der Waals surface area contributed by atoms with Crippen molar-refractivity contribution in [1.82, 2.24) is 9.97 Å². The van der Waals surface area contributed by atoms with Crippen LogP contribution >= 0.6 is 11.3 Å². The summed E-state index contributed by atoms with van der Waals surface area (Å²) >= 11 is 1.64. The molecule has 6 heteroatoms. The fraction of sp³-hybridized carbons (Fsp3) is 0.0952. The Bertz CT molecular complexity index is 1080. The van der Waals surface area contributed by atoms with Crippen LogP contribution in [0.2, 0.25) is 0 Å². The van der Waals surface area contributed by atoms with E-state index in [-0.39, 0.29) is 5.91 Å². The molecule has 0 bridgehead atoms. The minimum absolute atomic E-state index is 0.138. The molecular formula is C21H17N3O2S. The molecule has 134 valence electrons. The molecular weight excluding hydrogens is 358 g/mol. The third-order valence-corrected chi connectivity index (χ3v) is 5.50. The first-order chi connectivity index (χ1) is 13.1. The lowest BCUT2D eigenvalue weighted by atomic mass is 10.1. The van der Waals surface area contributed by atoms with E-state index < -0.39 is 0 Å². The molecule has 27 heavy (non-hydrogen) atoms. The number of amides is 1. The Morgan fingerprint density at radius 1 is 1.07 bits per heavy atom. The van der Waals surface area contributed by atoms with Gasteiger partial charge < -0.3 is 9.73 Å². The van der Waals surface area contributed by atoms with Gasteiger partial charge in [-0.1, -0.05) is 12.1 Å². The van der Waals surface area contributed by atoms with Crippen molar-refractivity contribution in [3.05, 3.63) is 77.9 Å². The predicted octanol–water partition coefficient (Wildman–Crippen LogP) is 5.33. The van der Waals surface area contributed by atoms with E-state index in [4.69, 9.17) is 4.42 Å². The smallest absolute Gasteiger partial charge is 0.256 e. The number of benzene rings is 1. The molecule has 1 amide bonds. The Morgan fingerprint density at radius 2 is 1.89 bits per heavy atom. The Labute approximate surface area is 160 Å². The van der Waals surface area contributed by atoms with Gasteiger partial charge in [0.25, 0.3) is 5.91 Å². The summed E-state index contributed by atoms with van der Waals surface area (Å²) < 4.78 is 5.39. The molecule has 1 aromatic carbocycles. The van der Waals surface area contributed by atoms with Gasteiger partial charge in [-0.2, -0.15) is 0 Å². The normalized spacial score (nSPS) is 10.7. The van der Waals surface area contributed by atoms with Crippen LogP contribution in [0.5, 0.6) is 0 Å². The van der Waals surface area contributed by atoms with Crippen LogP contribution in [-0.4, -0.2) is 15.9 Å². The van der Waals surface area contributed by atoms with E-state index in [0.717, 1.165) is 32.1 Å². The monoisotopic (exact) mass is 375 g/mol.